The first kappa shape index (κ1) is 15.1. The van der Waals surface area contributed by atoms with E-state index in [4.69, 9.17) is 10.5 Å². The molecular formula is C15H25N3O2. The average Bonchev–Trinajstić information content (AvgIpc) is 2.71. The third-order valence-electron chi connectivity index (χ3n) is 3.87. The minimum atomic E-state index is 0.0115. The van der Waals surface area contributed by atoms with Crippen LogP contribution in [0.5, 0.6) is 0 Å². The third kappa shape index (κ3) is 3.41. The van der Waals surface area contributed by atoms with Crippen molar-refractivity contribution in [1.82, 2.24) is 9.88 Å². The van der Waals surface area contributed by atoms with Gasteiger partial charge in [0, 0.05) is 31.6 Å². The van der Waals surface area contributed by atoms with Crippen LogP contribution < -0.4 is 11.1 Å². The number of nitrogens with one attached hydrogen (secondary N) is 1. The highest BCUT2D eigenvalue weighted by Gasteiger charge is 2.32. The molecule has 20 heavy (non-hydrogen) atoms. The van der Waals surface area contributed by atoms with Gasteiger partial charge >= 0.3 is 0 Å². The Morgan fingerprint density at radius 1 is 1.60 bits per heavy atom. The predicted molar refractivity (Wildman–Crippen MR) is 78.3 cm³/mol. The van der Waals surface area contributed by atoms with Gasteiger partial charge in [0.05, 0.1) is 6.61 Å². The second kappa shape index (κ2) is 5.97. The maximum absolute atomic E-state index is 11.9. The van der Waals surface area contributed by atoms with Crippen molar-refractivity contribution in [3.8, 4) is 0 Å². The summed E-state index contributed by atoms with van der Waals surface area (Å²) in [5.41, 5.74) is 8.82. The minimum Gasteiger partial charge on any atom is -0.383 e. The molecule has 3 N–H and O–H groups in total. The number of carbonyl (C=O) groups excluding carboxylic acids is 1. The zero-order chi connectivity index (χ0) is 14.8. The molecule has 0 aromatic carbocycles. The molecule has 5 nitrogen and oxygen atoms in total. The van der Waals surface area contributed by atoms with Crippen LogP contribution in [0.1, 0.15) is 37.6 Å². The second-order valence-electron chi connectivity index (χ2n) is 6.34. The Labute approximate surface area is 120 Å². The summed E-state index contributed by atoms with van der Waals surface area (Å²) >= 11 is 0. The van der Waals surface area contributed by atoms with Crippen molar-refractivity contribution < 1.29 is 9.53 Å². The first-order valence-electron chi connectivity index (χ1n) is 7.12. The number of carbonyl (C=O) groups is 1. The molecule has 0 spiro atoms. The zero-order valence-corrected chi connectivity index (χ0v) is 12.6. The fourth-order valence-corrected chi connectivity index (χ4v) is 2.95. The SMILES string of the molecule is COCCNC(=O)Cn1ccc2c1CC(C)(C)CC2N. The fraction of sp³-hybridized carbons (Fsp3) is 0.667. The molecule has 1 aromatic heterocycles. The molecule has 0 aliphatic heterocycles. The van der Waals surface area contributed by atoms with E-state index in [1.165, 1.54) is 11.3 Å². The highest BCUT2D eigenvalue weighted by molar-refractivity contribution is 5.75. The maximum atomic E-state index is 11.9. The smallest absolute Gasteiger partial charge is 0.240 e. The largest absolute Gasteiger partial charge is 0.383 e. The van der Waals surface area contributed by atoms with Gasteiger partial charge in [-0.15, -0.1) is 0 Å². The molecular weight excluding hydrogens is 254 g/mol. The van der Waals surface area contributed by atoms with Crippen LogP contribution in [0.25, 0.3) is 0 Å². The summed E-state index contributed by atoms with van der Waals surface area (Å²) in [6.07, 6.45) is 3.93. The molecule has 2 rings (SSSR count). The Morgan fingerprint density at radius 3 is 3.05 bits per heavy atom. The van der Waals surface area contributed by atoms with Crippen molar-refractivity contribution in [2.75, 3.05) is 20.3 Å². The second-order valence-corrected chi connectivity index (χ2v) is 6.34. The number of nitrogens with zero attached hydrogens (tertiary/aromatic N) is 1. The number of hydrogen-bond donors (Lipinski definition) is 2. The van der Waals surface area contributed by atoms with E-state index < -0.39 is 0 Å². The van der Waals surface area contributed by atoms with Crippen molar-refractivity contribution in [3.05, 3.63) is 23.5 Å². The van der Waals surface area contributed by atoms with Gasteiger partial charge in [-0.2, -0.15) is 0 Å². The van der Waals surface area contributed by atoms with E-state index in [9.17, 15) is 4.79 Å². The topological polar surface area (TPSA) is 69.3 Å². The molecule has 1 atom stereocenters. The maximum Gasteiger partial charge on any atom is 0.240 e. The molecule has 0 bridgehead atoms. The van der Waals surface area contributed by atoms with Crippen LogP contribution in [0.4, 0.5) is 0 Å². The highest BCUT2D eigenvalue weighted by atomic mass is 16.5. The van der Waals surface area contributed by atoms with Gasteiger partial charge in [0.25, 0.3) is 0 Å². The van der Waals surface area contributed by atoms with Gasteiger partial charge in [0.1, 0.15) is 6.54 Å². The monoisotopic (exact) mass is 279 g/mol. The lowest BCUT2D eigenvalue weighted by atomic mass is 9.74. The predicted octanol–water partition coefficient (Wildman–Crippen LogP) is 1.22. The molecule has 1 aromatic rings. The van der Waals surface area contributed by atoms with Crippen LogP contribution in [0, 0.1) is 5.41 Å². The summed E-state index contributed by atoms with van der Waals surface area (Å²) in [4.78, 5) is 11.9. The van der Waals surface area contributed by atoms with Crippen LogP contribution in [-0.2, 0) is 22.5 Å². The van der Waals surface area contributed by atoms with Crippen molar-refractivity contribution >= 4 is 5.91 Å². The standard InChI is InChI=1S/C15H25N3O2/c1-15(2)8-12(16)11-4-6-18(13(11)9-15)10-14(19)17-5-7-20-3/h4,6,12H,5,7-10,16H2,1-3H3,(H,17,19). The van der Waals surface area contributed by atoms with Gasteiger partial charge < -0.3 is 20.4 Å². The van der Waals surface area contributed by atoms with Gasteiger partial charge in [0.15, 0.2) is 0 Å². The quantitative estimate of drug-likeness (QED) is 0.796. The molecule has 0 fully saturated rings. The van der Waals surface area contributed by atoms with Crippen LogP contribution in [0.15, 0.2) is 12.3 Å². The molecule has 0 radical (unpaired) electrons. The van der Waals surface area contributed by atoms with E-state index in [0.717, 1.165) is 12.8 Å². The highest BCUT2D eigenvalue weighted by Crippen LogP contribution is 2.39. The van der Waals surface area contributed by atoms with Crippen LogP contribution in [0.3, 0.4) is 0 Å². The lowest BCUT2D eigenvalue weighted by Crippen LogP contribution is -2.33. The van der Waals surface area contributed by atoms with Crippen LogP contribution >= 0.6 is 0 Å². The number of fused-ring (bicyclic) bond motifs is 1. The summed E-state index contributed by atoms with van der Waals surface area (Å²) in [6, 6.07) is 2.13. The summed E-state index contributed by atoms with van der Waals surface area (Å²) in [7, 11) is 1.62. The molecule has 5 heteroatoms. The minimum absolute atomic E-state index is 0.0115. The van der Waals surface area contributed by atoms with Crippen molar-refractivity contribution in [2.24, 2.45) is 11.1 Å². The molecule has 1 heterocycles. The van der Waals surface area contributed by atoms with Crippen molar-refractivity contribution in [2.45, 2.75) is 39.3 Å². The molecule has 112 valence electrons. The first-order chi connectivity index (χ1) is 9.43. The van der Waals surface area contributed by atoms with E-state index in [0.29, 0.717) is 19.7 Å². The number of aromatic nitrogens is 1. The van der Waals surface area contributed by atoms with E-state index >= 15 is 0 Å². The van der Waals surface area contributed by atoms with E-state index in [-0.39, 0.29) is 17.4 Å². The van der Waals surface area contributed by atoms with E-state index in [1.807, 2.05) is 10.8 Å². The number of ether oxygens (including phenoxy) is 1. The third-order valence-corrected chi connectivity index (χ3v) is 3.87. The van der Waals surface area contributed by atoms with Crippen molar-refractivity contribution in [1.29, 1.82) is 0 Å². The molecule has 1 unspecified atom stereocenters. The fourth-order valence-electron chi connectivity index (χ4n) is 2.95. The lowest BCUT2D eigenvalue weighted by Gasteiger charge is -2.34. The van der Waals surface area contributed by atoms with Crippen LogP contribution in [0.2, 0.25) is 0 Å². The van der Waals surface area contributed by atoms with Gasteiger partial charge in [-0.25, -0.2) is 0 Å². The normalized spacial score (nSPS) is 20.5. The van der Waals surface area contributed by atoms with Crippen molar-refractivity contribution in [3.63, 3.8) is 0 Å². The molecule has 1 amide bonds. The Hall–Kier alpha value is -1.33. The zero-order valence-electron chi connectivity index (χ0n) is 12.6. The number of methoxy groups -OCH3 is 1. The van der Waals surface area contributed by atoms with Crippen LogP contribution in [-0.4, -0.2) is 30.7 Å². The number of amides is 1. The molecule has 0 saturated carbocycles. The average molecular weight is 279 g/mol. The summed E-state index contributed by atoms with van der Waals surface area (Å²) < 4.78 is 6.95. The van der Waals surface area contributed by atoms with Gasteiger partial charge in [-0.3, -0.25) is 4.79 Å². The molecule has 0 saturated heterocycles. The Morgan fingerprint density at radius 2 is 2.35 bits per heavy atom. The Balaban J connectivity index is 2.06. The Kier molecular flexibility index (Phi) is 4.50. The molecule has 1 aliphatic rings. The van der Waals surface area contributed by atoms with Gasteiger partial charge in [0.2, 0.25) is 5.91 Å². The summed E-state index contributed by atoms with van der Waals surface area (Å²) in [5.74, 6) is 0.0115. The van der Waals surface area contributed by atoms with E-state index in [1.54, 1.807) is 7.11 Å². The Bertz CT molecular complexity index is 479. The van der Waals surface area contributed by atoms with Gasteiger partial charge in [-0.1, -0.05) is 13.8 Å². The van der Waals surface area contributed by atoms with E-state index in [2.05, 4.69) is 25.2 Å². The van der Waals surface area contributed by atoms with Gasteiger partial charge in [-0.05, 0) is 29.9 Å². The number of nitrogens with two attached hydrogens (primary N) is 1. The molecule has 1 aliphatic carbocycles. The summed E-state index contributed by atoms with van der Waals surface area (Å²) in [6.45, 7) is 5.89. The lowest BCUT2D eigenvalue weighted by molar-refractivity contribution is -0.121. The summed E-state index contributed by atoms with van der Waals surface area (Å²) in [5, 5.41) is 2.84. The number of rotatable bonds is 5. The number of hydrogen-bond acceptors (Lipinski definition) is 3. The first-order valence-corrected chi connectivity index (χ1v) is 7.12.